The molecule has 0 saturated carbocycles. The zero-order valence-corrected chi connectivity index (χ0v) is 6.66. The van der Waals surface area contributed by atoms with Crippen LogP contribution in [-0.4, -0.2) is 18.7 Å². The molecule has 2 heteroatoms. The molecule has 0 aromatic heterocycles. The molecule has 46 valence electrons. The Bertz CT molecular complexity index is 54.5. The SMILES string of the molecule is [B]CSC(C)C(C)C. The Labute approximate surface area is 57.8 Å². The highest BCUT2D eigenvalue weighted by Crippen LogP contribution is 2.16. The van der Waals surface area contributed by atoms with Gasteiger partial charge in [-0.2, -0.15) is 11.8 Å². The molecule has 0 spiro atoms. The van der Waals surface area contributed by atoms with Gasteiger partial charge >= 0.3 is 0 Å². The highest BCUT2D eigenvalue weighted by Gasteiger charge is 2.03. The topological polar surface area (TPSA) is 0 Å². The van der Waals surface area contributed by atoms with E-state index in [0.717, 1.165) is 11.6 Å². The van der Waals surface area contributed by atoms with Crippen molar-refractivity contribution in [3.63, 3.8) is 0 Å². The van der Waals surface area contributed by atoms with Crippen LogP contribution < -0.4 is 0 Å². The van der Waals surface area contributed by atoms with Gasteiger partial charge in [0.25, 0.3) is 0 Å². The van der Waals surface area contributed by atoms with E-state index in [4.69, 9.17) is 7.85 Å². The van der Waals surface area contributed by atoms with Gasteiger partial charge in [-0.3, -0.25) is 0 Å². The Kier molecular flexibility index (Phi) is 4.53. The van der Waals surface area contributed by atoms with E-state index in [1.54, 1.807) is 0 Å². The summed E-state index contributed by atoms with van der Waals surface area (Å²) in [7, 11) is 5.33. The lowest BCUT2D eigenvalue weighted by Gasteiger charge is -2.12. The monoisotopic (exact) mass is 128 g/mol. The lowest BCUT2D eigenvalue weighted by atomic mass is 10.2. The van der Waals surface area contributed by atoms with Crippen molar-refractivity contribution in [1.82, 2.24) is 0 Å². The summed E-state index contributed by atoms with van der Waals surface area (Å²) in [6, 6.07) is 0. The van der Waals surface area contributed by atoms with Crippen molar-refractivity contribution >= 4 is 19.6 Å². The molecule has 0 aliphatic heterocycles. The van der Waals surface area contributed by atoms with Crippen molar-refractivity contribution in [3.8, 4) is 0 Å². The van der Waals surface area contributed by atoms with Crippen molar-refractivity contribution < 1.29 is 0 Å². The summed E-state index contributed by atoms with van der Waals surface area (Å²) in [5.74, 6) is 0.753. The molecule has 0 rings (SSSR count). The molecule has 0 nitrogen and oxygen atoms in total. The van der Waals surface area contributed by atoms with Crippen LogP contribution in [0.15, 0.2) is 0 Å². The van der Waals surface area contributed by atoms with Gasteiger partial charge in [0, 0.05) is 5.25 Å². The predicted octanol–water partition coefficient (Wildman–Crippen LogP) is 1.89. The maximum absolute atomic E-state index is 5.33. The second kappa shape index (κ2) is 4.31. The van der Waals surface area contributed by atoms with E-state index < -0.39 is 0 Å². The number of hydrogen-bond acceptors (Lipinski definition) is 1. The molecule has 2 radical (unpaired) electrons. The normalized spacial score (nSPS) is 14.5. The highest BCUT2D eigenvalue weighted by molar-refractivity contribution is 8.00. The number of rotatable bonds is 3. The lowest BCUT2D eigenvalue weighted by molar-refractivity contribution is 0.643. The first-order valence-corrected chi connectivity index (χ1v) is 4.05. The minimum Gasteiger partial charge on any atom is -0.168 e. The molecule has 0 aromatic carbocycles. The fourth-order valence-electron chi connectivity index (χ4n) is 0.344. The van der Waals surface area contributed by atoms with Crippen LogP contribution in [-0.2, 0) is 0 Å². The smallest absolute Gasteiger partial charge is 0.0799 e. The molecule has 1 atom stereocenters. The predicted molar refractivity (Wildman–Crippen MR) is 42.5 cm³/mol. The zero-order valence-electron chi connectivity index (χ0n) is 5.85. The van der Waals surface area contributed by atoms with Gasteiger partial charge < -0.3 is 0 Å². The Hall–Kier alpha value is 0.415. The van der Waals surface area contributed by atoms with Crippen LogP contribution in [0.25, 0.3) is 0 Å². The Balaban J connectivity index is 3.17. The molecular weight excluding hydrogens is 115 g/mol. The standard InChI is InChI=1S/C6H13BS/c1-5(2)6(3)8-4-7/h5-6H,4H2,1-3H3. The first-order valence-electron chi connectivity index (χ1n) is 3.00. The lowest BCUT2D eigenvalue weighted by Crippen LogP contribution is -2.05. The van der Waals surface area contributed by atoms with Crippen LogP contribution >= 0.6 is 11.8 Å². The van der Waals surface area contributed by atoms with Gasteiger partial charge in [-0.1, -0.05) is 20.8 Å². The summed E-state index contributed by atoms with van der Waals surface area (Å²) in [6.07, 6.45) is 0. The molecule has 0 fully saturated rings. The average Bonchev–Trinajstić information content (AvgIpc) is 1.67. The van der Waals surface area contributed by atoms with Crippen LogP contribution in [0.1, 0.15) is 20.8 Å². The fourth-order valence-corrected chi connectivity index (χ4v) is 1.03. The first-order chi connectivity index (χ1) is 3.68. The molecule has 0 heterocycles. The maximum Gasteiger partial charge on any atom is 0.0799 e. The average molecular weight is 128 g/mol. The van der Waals surface area contributed by atoms with E-state index in [1.165, 1.54) is 0 Å². The molecule has 8 heavy (non-hydrogen) atoms. The van der Waals surface area contributed by atoms with E-state index >= 15 is 0 Å². The van der Waals surface area contributed by atoms with Gasteiger partial charge in [0.2, 0.25) is 0 Å². The molecule has 0 N–H and O–H groups in total. The van der Waals surface area contributed by atoms with E-state index in [1.807, 2.05) is 11.8 Å². The van der Waals surface area contributed by atoms with Crippen LogP contribution in [0.4, 0.5) is 0 Å². The fraction of sp³-hybridized carbons (Fsp3) is 1.00. The molecular formula is C6H13BS. The molecule has 0 saturated heterocycles. The van der Waals surface area contributed by atoms with Gasteiger partial charge in [-0.05, 0) is 11.6 Å². The van der Waals surface area contributed by atoms with Gasteiger partial charge in [0.05, 0.1) is 7.85 Å². The maximum atomic E-state index is 5.33. The first kappa shape index (κ1) is 8.41. The van der Waals surface area contributed by atoms with E-state index in [9.17, 15) is 0 Å². The van der Waals surface area contributed by atoms with E-state index in [0.29, 0.717) is 5.25 Å². The quantitative estimate of drug-likeness (QED) is 0.523. The van der Waals surface area contributed by atoms with E-state index in [-0.39, 0.29) is 0 Å². The second-order valence-corrected chi connectivity index (χ2v) is 3.69. The molecule has 0 amide bonds. The van der Waals surface area contributed by atoms with Crippen molar-refractivity contribution in [2.45, 2.75) is 26.0 Å². The van der Waals surface area contributed by atoms with Crippen LogP contribution in [0.5, 0.6) is 0 Å². The third-order valence-electron chi connectivity index (χ3n) is 1.30. The van der Waals surface area contributed by atoms with Gasteiger partial charge in [0.1, 0.15) is 0 Å². The van der Waals surface area contributed by atoms with Crippen LogP contribution in [0, 0.1) is 5.92 Å². The summed E-state index contributed by atoms with van der Waals surface area (Å²) in [5, 5.41) is 0.708. The van der Waals surface area contributed by atoms with Crippen molar-refractivity contribution in [2.24, 2.45) is 5.92 Å². The van der Waals surface area contributed by atoms with Gasteiger partial charge in [-0.15, -0.1) is 0 Å². The third-order valence-corrected chi connectivity index (χ3v) is 2.56. The van der Waals surface area contributed by atoms with Crippen molar-refractivity contribution in [1.29, 1.82) is 0 Å². The summed E-state index contributed by atoms with van der Waals surface area (Å²) < 4.78 is 0. The molecule has 0 aromatic rings. The molecule has 0 aliphatic rings. The molecule has 1 unspecified atom stereocenters. The van der Waals surface area contributed by atoms with Crippen LogP contribution in [0.2, 0.25) is 0 Å². The highest BCUT2D eigenvalue weighted by atomic mass is 32.2. The third kappa shape index (κ3) is 3.42. The molecule has 0 aliphatic carbocycles. The minimum atomic E-state index is 0.708. The van der Waals surface area contributed by atoms with Gasteiger partial charge in [-0.25, -0.2) is 0 Å². The molecule has 0 bridgehead atoms. The Morgan fingerprint density at radius 1 is 1.38 bits per heavy atom. The summed E-state index contributed by atoms with van der Waals surface area (Å²) >= 11 is 1.82. The summed E-state index contributed by atoms with van der Waals surface area (Å²) in [4.78, 5) is 0. The Morgan fingerprint density at radius 3 is 2.00 bits per heavy atom. The van der Waals surface area contributed by atoms with Gasteiger partial charge in [0.15, 0.2) is 0 Å². The summed E-state index contributed by atoms with van der Waals surface area (Å²) in [5.41, 5.74) is 0.749. The summed E-state index contributed by atoms with van der Waals surface area (Å²) in [6.45, 7) is 6.64. The largest absolute Gasteiger partial charge is 0.168 e. The minimum absolute atomic E-state index is 0.708. The Morgan fingerprint density at radius 2 is 1.88 bits per heavy atom. The zero-order chi connectivity index (χ0) is 6.57. The number of hydrogen-bond donors (Lipinski definition) is 0. The number of thioether (sulfide) groups is 1. The second-order valence-electron chi connectivity index (χ2n) is 2.28. The van der Waals surface area contributed by atoms with Crippen molar-refractivity contribution in [2.75, 3.05) is 5.65 Å². The van der Waals surface area contributed by atoms with E-state index in [2.05, 4.69) is 20.8 Å². The van der Waals surface area contributed by atoms with Crippen molar-refractivity contribution in [3.05, 3.63) is 0 Å². The van der Waals surface area contributed by atoms with Crippen LogP contribution in [0.3, 0.4) is 0 Å².